The van der Waals surface area contributed by atoms with Gasteiger partial charge in [-0.3, -0.25) is 4.90 Å². The quantitative estimate of drug-likeness (QED) is 0.615. The summed E-state index contributed by atoms with van der Waals surface area (Å²) >= 11 is 3.58. The number of hydrogen-bond acceptors (Lipinski definition) is 2. The van der Waals surface area contributed by atoms with E-state index in [4.69, 9.17) is 0 Å². The molecule has 3 rings (SSSR count). The van der Waals surface area contributed by atoms with Gasteiger partial charge in [-0.05, 0) is 55.0 Å². The summed E-state index contributed by atoms with van der Waals surface area (Å²) in [5, 5.41) is 0. The van der Waals surface area contributed by atoms with Gasteiger partial charge < -0.3 is 0 Å². The number of anilines is 3. The molecule has 0 aliphatic carbocycles. The summed E-state index contributed by atoms with van der Waals surface area (Å²) in [7, 11) is 0. The molecule has 21 heavy (non-hydrogen) atoms. The lowest BCUT2D eigenvalue weighted by Gasteiger charge is -2.24. The Balaban J connectivity index is 2.17. The predicted molar refractivity (Wildman–Crippen MR) is 91.4 cm³/mol. The van der Waals surface area contributed by atoms with Gasteiger partial charge in [0.25, 0.3) is 0 Å². The predicted octanol–water partition coefficient (Wildman–Crippen LogP) is 5.62. The standard InChI is InChI=1S/C18H15BrN2/c1-14-11-15(19)13-17(12-14)21(16-7-3-2-4-8-16)18-9-5-6-10-20-18/h2-13H,1H3. The first-order chi connectivity index (χ1) is 10.2. The molecule has 0 saturated carbocycles. The Labute approximate surface area is 133 Å². The van der Waals surface area contributed by atoms with Gasteiger partial charge in [-0.25, -0.2) is 4.98 Å². The van der Waals surface area contributed by atoms with Crippen LogP contribution in [0.15, 0.2) is 77.4 Å². The third-order valence-corrected chi connectivity index (χ3v) is 3.64. The van der Waals surface area contributed by atoms with Gasteiger partial charge in [0.15, 0.2) is 0 Å². The SMILES string of the molecule is Cc1cc(Br)cc(N(c2ccccc2)c2ccccn2)c1. The molecule has 2 aromatic carbocycles. The Morgan fingerprint density at radius 1 is 0.857 bits per heavy atom. The molecule has 2 nitrogen and oxygen atoms in total. The summed E-state index contributed by atoms with van der Waals surface area (Å²) in [6.07, 6.45) is 1.82. The van der Waals surface area contributed by atoms with Gasteiger partial charge in [-0.15, -0.1) is 0 Å². The molecule has 104 valence electrons. The summed E-state index contributed by atoms with van der Waals surface area (Å²) in [4.78, 5) is 6.65. The average Bonchev–Trinajstić information content (AvgIpc) is 2.49. The van der Waals surface area contributed by atoms with Crippen molar-refractivity contribution in [2.75, 3.05) is 4.90 Å². The average molecular weight is 339 g/mol. The van der Waals surface area contributed by atoms with E-state index in [1.807, 2.05) is 42.6 Å². The Kier molecular flexibility index (Phi) is 4.02. The molecule has 0 bridgehead atoms. The highest BCUT2D eigenvalue weighted by Gasteiger charge is 2.13. The first-order valence-electron chi connectivity index (χ1n) is 6.77. The van der Waals surface area contributed by atoms with Crippen LogP contribution in [-0.2, 0) is 0 Å². The normalized spacial score (nSPS) is 10.4. The lowest BCUT2D eigenvalue weighted by Crippen LogP contribution is -2.11. The summed E-state index contributed by atoms with van der Waals surface area (Å²) in [6.45, 7) is 2.09. The van der Waals surface area contributed by atoms with Crippen LogP contribution < -0.4 is 4.90 Å². The van der Waals surface area contributed by atoms with Crippen LogP contribution in [0.25, 0.3) is 0 Å². The van der Waals surface area contributed by atoms with E-state index in [-0.39, 0.29) is 0 Å². The van der Waals surface area contributed by atoms with Crippen molar-refractivity contribution in [1.29, 1.82) is 0 Å². The van der Waals surface area contributed by atoms with Crippen LogP contribution in [0.5, 0.6) is 0 Å². The molecule has 3 heteroatoms. The number of aryl methyl sites for hydroxylation is 1. The zero-order valence-corrected chi connectivity index (χ0v) is 13.3. The van der Waals surface area contributed by atoms with Crippen molar-refractivity contribution in [3.05, 3.63) is 83.0 Å². The summed E-state index contributed by atoms with van der Waals surface area (Å²) in [6, 6.07) is 22.6. The van der Waals surface area contributed by atoms with E-state index in [0.717, 1.165) is 21.7 Å². The van der Waals surface area contributed by atoms with Gasteiger partial charge in [0, 0.05) is 22.0 Å². The van der Waals surface area contributed by atoms with E-state index < -0.39 is 0 Å². The zero-order valence-electron chi connectivity index (χ0n) is 11.7. The Morgan fingerprint density at radius 2 is 1.62 bits per heavy atom. The second-order valence-electron chi connectivity index (χ2n) is 4.85. The maximum absolute atomic E-state index is 4.50. The van der Waals surface area contributed by atoms with Crippen LogP contribution in [0.1, 0.15) is 5.56 Å². The number of aromatic nitrogens is 1. The smallest absolute Gasteiger partial charge is 0.137 e. The molecule has 0 aliphatic heterocycles. The molecule has 1 heterocycles. The maximum atomic E-state index is 4.50. The monoisotopic (exact) mass is 338 g/mol. The molecule has 3 aromatic rings. The number of para-hydroxylation sites is 1. The maximum Gasteiger partial charge on any atom is 0.137 e. The van der Waals surface area contributed by atoms with Crippen molar-refractivity contribution < 1.29 is 0 Å². The van der Waals surface area contributed by atoms with Gasteiger partial charge in [-0.2, -0.15) is 0 Å². The van der Waals surface area contributed by atoms with E-state index in [2.05, 4.69) is 63.1 Å². The second-order valence-corrected chi connectivity index (χ2v) is 5.76. The lowest BCUT2D eigenvalue weighted by atomic mass is 10.2. The molecule has 0 atom stereocenters. The summed E-state index contributed by atoms with van der Waals surface area (Å²) in [5.74, 6) is 0.904. The third kappa shape index (κ3) is 3.14. The molecule has 0 amide bonds. The van der Waals surface area contributed by atoms with E-state index >= 15 is 0 Å². The molecular weight excluding hydrogens is 324 g/mol. The van der Waals surface area contributed by atoms with Gasteiger partial charge in [0.2, 0.25) is 0 Å². The van der Waals surface area contributed by atoms with Crippen molar-refractivity contribution in [3.63, 3.8) is 0 Å². The molecule has 1 aromatic heterocycles. The van der Waals surface area contributed by atoms with Crippen LogP contribution in [0, 0.1) is 6.92 Å². The van der Waals surface area contributed by atoms with Gasteiger partial charge >= 0.3 is 0 Å². The van der Waals surface area contributed by atoms with Crippen LogP contribution in [0.4, 0.5) is 17.2 Å². The molecule has 0 fully saturated rings. The molecule has 0 N–H and O–H groups in total. The number of benzene rings is 2. The molecule has 0 aliphatic rings. The van der Waals surface area contributed by atoms with Crippen LogP contribution in [-0.4, -0.2) is 4.98 Å². The molecule has 0 radical (unpaired) electrons. The Bertz CT molecular complexity index is 667. The third-order valence-electron chi connectivity index (χ3n) is 3.18. The highest BCUT2D eigenvalue weighted by atomic mass is 79.9. The van der Waals surface area contributed by atoms with Crippen molar-refractivity contribution in [1.82, 2.24) is 4.98 Å². The van der Waals surface area contributed by atoms with Gasteiger partial charge in [-0.1, -0.05) is 40.2 Å². The van der Waals surface area contributed by atoms with E-state index in [9.17, 15) is 0 Å². The minimum atomic E-state index is 0.904. The number of hydrogen-bond donors (Lipinski definition) is 0. The molecular formula is C18H15BrN2. The number of rotatable bonds is 3. The summed E-state index contributed by atoms with van der Waals surface area (Å²) in [5.41, 5.74) is 3.39. The fourth-order valence-corrected chi connectivity index (χ4v) is 2.92. The number of nitrogens with zero attached hydrogens (tertiary/aromatic N) is 2. The van der Waals surface area contributed by atoms with Crippen molar-refractivity contribution in [2.24, 2.45) is 0 Å². The highest BCUT2D eigenvalue weighted by Crippen LogP contribution is 2.34. The minimum absolute atomic E-state index is 0.904. The van der Waals surface area contributed by atoms with E-state index in [1.165, 1.54) is 5.56 Å². The van der Waals surface area contributed by atoms with Crippen LogP contribution >= 0.6 is 15.9 Å². The molecule has 0 spiro atoms. The fraction of sp³-hybridized carbons (Fsp3) is 0.0556. The largest absolute Gasteiger partial charge is 0.295 e. The van der Waals surface area contributed by atoms with Gasteiger partial charge in [0.1, 0.15) is 5.82 Å². The zero-order chi connectivity index (χ0) is 14.7. The lowest BCUT2D eigenvalue weighted by molar-refractivity contribution is 1.17. The molecule has 0 saturated heterocycles. The summed E-state index contributed by atoms with van der Waals surface area (Å²) < 4.78 is 1.06. The van der Waals surface area contributed by atoms with Crippen LogP contribution in [0.2, 0.25) is 0 Å². The van der Waals surface area contributed by atoms with E-state index in [0.29, 0.717) is 0 Å². The highest BCUT2D eigenvalue weighted by molar-refractivity contribution is 9.10. The molecule has 0 unspecified atom stereocenters. The Morgan fingerprint density at radius 3 is 2.29 bits per heavy atom. The first kappa shape index (κ1) is 13.8. The van der Waals surface area contributed by atoms with Crippen molar-refractivity contribution in [2.45, 2.75) is 6.92 Å². The van der Waals surface area contributed by atoms with Gasteiger partial charge in [0.05, 0.1) is 0 Å². The van der Waals surface area contributed by atoms with Crippen LogP contribution in [0.3, 0.4) is 0 Å². The number of halogens is 1. The first-order valence-corrected chi connectivity index (χ1v) is 7.57. The fourth-order valence-electron chi connectivity index (χ4n) is 2.32. The Hall–Kier alpha value is -2.13. The van der Waals surface area contributed by atoms with E-state index in [1.54, 1.807) is 0 Å². The van der Waals surface area contributed by atoms with Crippen molar-refractivity contribution >= 4 is 33.1 Å². The topological polar surface area (TPSA) is 16.1 Å². The number of pyridine rings is 1. The van der Waals surface area contributed by atoms with Crippen molar-refractivity contribution in [3.8, 4) is 0 Å². The second kappa shape index (κ2) is 6.10. The minimum Gasteiger partial charge on any atom is -0.295 e.